The third-order valence-corrected chi connectivity index (χ3v) is 4.11. The first-order valence-corrected chi connectivity index (χ1v) is 6.09. The van der Waals surface area contributed by atoms with E-state index in [0.717, 1.165) is 11.4 Å². The van der Waals surface area contributed by atoms with Gasteiger partial charge >= 0.3 is 0 Å². The predicted octanol–water partition coefficient (Wildman–Crippen LogP) is 1.63. The summed E-state index contributed by atoms with van der Waals surface area (Å²) in [4.78, 5) is 2.01. The molecule has 0 aliphatic carbocycles. The van der Waals surface area contributed by atoms with Gasteiger partial charge in [0.15, 0.2) is 0 Å². The number of halogens is 1. The first kappa shape index (κ1) is 14.5. The zero-order chi connectivity index (χ0) is 13.4. The normalized spacial score (nSPS) is 14.4. The highest BCUT2D eigenvalue weighted by molar-refractivity contribution is 6.31. The highest BCUT2D eigenvalue weighted by Gasteiger charge is 2.31. The molecule has 1 aromatic heterocycles. The molecule has 1 atom stereocenters. The molecule has 0 aliphatic heterocycles. The lowest BCUT2D eigenvalue weighted by Crippen LogP contribution is -2.49. The van der Waals surface area contributed by atoms with E-state index in [0.29, 0.717) is 11.4 Å². The maximum atomic E-state index is 10.3. The number of aromatic nitrogens is 2. The van der Waals surface area contributed by atoms with E-state index in [1.165, 1.54) is 0 Å². The number of aryl methyl sites for hydroxylation is 2. The summed E-state index contributed by atoms with van der Waals surface area (Å²) in [5, 5.41) is 15.2. The van der Waals surface area contributed by atoms with E-state index < -0.39 is 6.10 Å². The molecule has 1 heterocycles. The van der Waals surface area contributed by atoms with Gasteiger partial charge in [-0.1, -0.05) is 11.6 Å². The van der Waals surface area contributed by atoms with Gasteiger partial charge in [-0.05, 0) is 34.9 Å². The number of rotatable bonds is 4. The van der Waals surface area contributed by atoms with Crippen LogP contribution in [-0.4, -0.2) is 45.5 Å². The van der Waals surface area contributed by atoms with Crippen molar-refractivity contribution in [3.63, 3.8) is 0 Å². The second-order valence-electron chi connectivity index (χ2n) is 5.24. The van der Waals surface area contributed by atoms with Crippen LogP contribution in [0.5, 0.6) is 0 Å². The van der Waals surface area contributed by atoms with Crippen molar-refractivity contribution in [1.29, 1.82) is 0 Å². The topological polar surface area (TPSA) is 41.3 Å². The van der Waals surface area contributed by atoms with Gasteiger partial charge in [-0.2, -0.15) is 5.10 Å². The monoisotopic (exact) mass is 259 g/mol. The molecule has 1 N–H and O–H groups in total. The molecular formula is C12H22ClN3O. The third kappa shape index (κ3) is 2.81. The Hall–Kier alpha value is -0.580. The van der Waals surface area contributed by atoms with E-state index in [-0.39, 0.29) is 5.54 Å². The maximum absolute atomic E-state index is 10.3. The molecule has 0 bridgehead atoms. The van der Waals surface area contributed by atoms with Gasteiger partial charge in [-0.15, -0.1) is 0 Å². The molecule has 0 radical (unpaired) electrons. The van der Waals surface area contributed by atoms with Crippen molar-refractivity contribution >= 4 is 11.6 Å². The van der Waals surface area contributed by atoms with Gasteiger partial charge < -0.3 is 10.0 Å². The van der Waals surface area contributed by atoms with Crippen LogP contribution in [0.3, 0.4) is 0 Å². The SMILES string of the molecule is Cc1nn(C)c(CC(O)C(C)(C)N(C)C)c1Cl. The van der Waals surface area contributed by atoms with Crippen molar-refractivity contribution in [3.05, 3.63) is 16.4 Å². The molecule has 0 saturated carbocycles. The van der Waals surface area contributed by atoms with Gasteiger partial charge in [0.1, 0.15) is 0 Å². The minimum atomic E-state index is -0.496. The molecule has 1 aromatic rings. The van der Waals surface area contributed by atoms with Gasteiger partial charge in [-0.25, -0.2) is 0 Å². The third-order valence-electron chi connectivity index (χ3n) is 3.62. The van der Waals surface area contributed by atoms with Gasteiger partial charge in [-0.3, -0.25) is 4.68 Å². The van der Waals surface area contributed by atoms with E-state index in [9.17, 15) is 5.11 Å². The molecule has 0 fully saturated rings. The summed E-state index contributed by atoms with van der Waals surface area (Å²) < 4.78 is 1.74. The second kappa shape index (κ2) is 4.96. The Bertz CT molecular complexity index is 399. The molecule has 98 valence electrons. The maximum Gasteiger partial charge on any atom is 0.0847 e. The van der Waals surface area contributed by atoms with Crippen LogP contribution in [0.25, 0.3) is 0 Å². The number of nitrogens with zero attached hydrogens (tertiary/aromatic N) is 3. The van der Waals surface area contributed by atoms with E-state index in [4.69, 9.17) is 11.6 Å². The number of aliphatic hydroxyl groups excluding tert-OH is 1. The van der Waals surface area contributed by atoms with Crippen molar-refractivity contribution in [3.8, 4) is 0 Å². The molecule has 1 unspecified atom stereocenters. The first-order valence-electron chi connectivity index (χ1n) is 5.71. The van der Waals surface area contributed by atoms with Crippen molar-refractivity contribution in [2.45, 2.75) is 38.8 Å². The molecule has 1 rings (SSSR count). The number of hydrogen-bond acceptors (Lipinski definition) is 3. The molecule has 0 amide bonds. The molecular weight excluding hydrogens is 238 g/mol. The van der Waals surface area contributed by atoms with Crippen LogP contribution >= 0.6 is 11.6 Å². The minimum absolute atomic E-state index is 0.304. The summed E-state index contributed by atoms with van der Waals surface area (Å²) in [7, 11) is 5.77. The average molecular weight is 260 g/mol. The van der Waals surface area contributed by atoms with Crippen LogP contribution < -0.4 is 0 Å². The molecule has 0 spiro atoms. The number of hydrogen-bond donors (Lipinski definition) is 1. The second-order valence-corrected chi connectivity index (χ2v) is 5.62. The lowest BCUT2D eigenvalue weighted by atomic mass is 9.92. The fourth-order valence-electron chi connectivity index (χ4n) is 1.63. The Morgan fingerprint density at radius 1 is 1.47 bits per heavy atom. The Morgan fingerprint density at radius 2 is 2.00 bits per heavy atom. The quantitative estimate of drug-likeness (QED) is 0.894. The lowest BCUT2D eigenvalue weighted by molar-refractivity contribution is 0.0172. The predicted molar refractivity (Wildman–Crippen MR) is 70.4 cm³/mol. The van der Waals surface area contributed by atoms with Crippen LogP contribution in [0.2, 0.25) is 5.02 Å². The largest absolute Gasteiger partial charge is 0.391 e. The van der Waals surface area contributed by atoms with Crippen LogP contribution in [0, 0.1) is 6.92 Å². The van der Waals surface area contributed by atoms with Crippen molar-refractivity contribution < 1.29 is 5.11 Å². The standard InChI is InChI=1S/C12H22ClN3O/c1-8-11(13)9(16(6)14-8)7-10(17)12(2,3)15(4)5/h10,17H,7H2,1-6H3. The fraction of sp³-hybridized carbons (Fsp3) is 0.750. The lowest BCUT2D eigenvalue weighted by Gasteiger charge is -2.37. The van der Waals surface area contributed by atoms with Crippen molar-refractivity contribution in [2.24, 2.45) is 7.05 Å². The number of aliphatic hydroxyl groups is 1. The summed E-state index contributed by atoms with van der Waals surface area (Å²) in [5.74, 6) is 0. The highest BCUT2D eigenvalue weighted by atomic mass is 35.5. The summed E-state index contributed by atoms with van der Waals surface area (Å²) in [6, 6.07) is 0. The van der Waals surface area contributed by atoms with Crippen LogP contribution in [0.1, 0.15) is 25.2 Å². The van der Waals surface area contributed by atoms with Gasteiger partial charge in [0, 0.05) is 19.0 Å². The summed E-state index contributed by atoms with van der Waals surface area (Å²) in [6.07, 6.45) is 0.00579. The molecule has 5 heteroatoms. The molecule has 0 aliphatic rings. The van der Waals surface area contributed by atoms with Crippen LogP contribution in [0.4, 0.5) is 0 Å². The van der Waals surface area contributed by atoms with Crippen LogP contribution in [0.15, 0.2) is 0 Å². The molecule has 0 saturated heterocycles. The molecule has 4 nitrogen and oxygen atoms in total. The number of likely N-dealkylation sites (N-methyl/N-ethyl adjacent to an activating group) is 1. The first-order chi connectivity index (χ1) is 7.67. The summed E-state index contributed by atoms with van der Waals surface area (Å²) >= 11 is 6.18. The van der Waals surface area contributed by atoms with E-state index >= 15 is 0 Å². The summed E-state index contributed by atoms with van der Waals surface area (Å²) in [5.41, 5.74) is 1.38. The highest BCUT2D eigenvalue weighted by Crippen LogP contribution is 2.25. The molecule has 0 aromatic carbocycles. The zero-order valence-electron chi connectivity index (χ0n) is 11.5. The zero-order valence-corrected chi connectivity index (χ0v) is 12.2. The smallest absolute Gasteiger partial charge is 0.0847 e. The van der Waals surface area contributed by atoms with Crippen molar-refractivity contribution in [1.82, 2.24) is 14.7 Å². The van der Waals surface area contributed by atoms with E-state index in [1.54, 1.807) is 4.68 Å². The fourth-order valence-corrected chi connectivity index (χ4v) is 1.87. The van der Waals surface area contributed by atoms with Gasteiger partial charge in [0.05, 0.1) is 22.5 Å². The van der Waals surface area contributed by atoms with Gasteiger partial charge in [0.25, 0.3) is 0 Å². The van der Waals surface area contributed by atoms with Crippen molar-refractivity contribution in [2.75, 3.05) is 14.1 Å². The van der Waals surface area contributed by atoms with Gasteiger partial charge in [0.2, 0.25) is 0 Å². The van der Waals surface area contributed by atoms with E-state index in [1.807, 2.05) is 46.8 Å². The minimum Gasteiger partial charge on any atom is -0.391 e. The Kier molecular flexibility index (Phi) is 4.23. The average Bonchev–Trinajstić information content (AvgIpc) is 2.44. The Balaban J connectivity index is 2.92. The molecule has 17 heavy (non-hydrogen) atoms. The summed E-state index contributed by atoms with van der Waals surface area (Å²) in [6.45, 7) is 5.89. The van der Waals surface area contributed by atoms with E-state index in [2.05, 4.69) is 5.10 Å². The van der Waals surface area contributed by atoms with Crippen LogP contribution in [-0.2, 0) is 13.5 Å². The Morgan fingerprint density at radius 3 is 2.35 bits per heavy atom. The Labute approximate surface area is 108 Å².